The zero-order chi connectivity index (χ0) is 15.5. The highest BCUT2D eigenvalue weighted by atomic mass is 31.2. The lowest BCUT2D eigenvalue weighted by molar-refractivity contribution is 0.0596. The maximum absolute atomic E-state index is 5.82. The second-order valence-corrected chi connectivity index (χ2v) is 6.90. The molecular weight excluding hydrogens is 305 g/mol. The highest BCUT2D eigenvalue weighted by molar-refractivity contribution is 7.47. The lowest BCUT2D eigenvalue weighted by Crippen LogP contribution is -2.21. The molecule has 2 aromatic heterocycles. The van der Waals surface area contributed by atoms with Gasteiger partial charge >= 0.3 is 0 Å². The Morgan fingerprint density at radius 2 is 2.18 bits per heavy atom. The Morgan fingerprint density at radius 1 is 1.41 bits per heavy atom. The van der Waals surface area contributed by atoms with Gasteiger partial charge in [-0.05, 0) is 6.92 Å². The maximum atomic E-state index is 5.82. The molecule has 0 bridgehead atoms. The lowest BCUT2D eigenvalue weighted by atomic mass is 10.2. The molecule has 1 saturated heterocycles. The molecule has 0 saturated carbocycles. The molecule has 120 valence electrons. The van der Waals surface area contributed by atoms with E-state index in [1.807, 2.05) is 11.5 Å². The van der Waals surface area contributed by atoms with Crippen molar-refractivity contribution in [2.75, 3.05) is 25.3 Å². The van der Waals surface area contributed by atoms with Crippen LogP contribution in [0, 0.1) is 5.92 Å². The van der Waals surface area contributed by atoms with E-state index in [1.165, 1.54) is 6.33 Å². The molecule has 2 N–H and O–H groups in total. The van der Waals surface area contributed by atoms with Gasteiger partial charge in [-0.25, -0.2) is 15.0 Å². The average molecular weight is 325 g/mol. The minimum atomic E-state index is -0.927. The third-order valence-electron chi connectivity index (χ3n) is 3.35. The normalized spacial score (nSPS) is 23.7. The molecule has 22 heavy (non-hydrogen) atoms. The highest BCUT2D eigenvalue weighted by Gasteiger charge is 2.21. The molecule has 0 radical (unpaired) electrons. The number of ether oxygens (including phenoxy) is 1. The second-order valence-electron chi connectivity index (χ2n) is 5.46. The summed E-state index contributed by atoms with van der Waals surface area (Å²) in [4.78, 5) is 12.4. The van der Waals surface area contributed by atoms with Gasteiger partial charge in [-0.1, -0.05) is 6.92 Å². The van der Waals surface area contributed by atoms with E-state index in [-0.39, 0.29) is 6.10 Å². The van der Waals surface area contributed by atoms with Crippen LogP contribution in [0.15, 0.2) is 12.7 Å². The molecule has 2 aromatic rings. The van der Waals surface area contributed by atoms with Gasteiger partial charge in [0.2, 0.25) is 0 Å². The molecule has 0 aliphatic carbocycles. The summed E-state index contributed by atoms with van der Waals surface area (Å²) in [5, 5.41) is 0. The fourth-order valence-electron chi connectivity index (χ4n) is 2.13. The third kappa shape index (κ3) is 3.52. The number of aromatic nitrogens is 4. The van der Waals surface area contributed by atoms with Gasteiger partial charge in [0.25, 0.3) is 0 Å². The lowest BCUT2D eigenvalue weighted by Gasteiger charge is -2.27. The van der Waals surface area contributed by atoms with E-state index < -0.39 is 8.38 Å². The number of nitrogen functional groups attached to an aromatic ring is 1. The second kappa shape index (κ2) is 6.83. The average Bonchev–Trinajstić information content (AvgIpc) is 2.91. The monoisotopic (exact) mass is 325 g/mol. The topological polar surface area (TPSA) is 97.3 Å². The predicted molar refractivity (Wildman–Crippen MR) is 83.1 cm³/mol. The molecule has 3 rings (SSSR count). The van der Waals surface area contributed by atoms with Crippen molar-refractivity contribution in [1.29, 1.82) is 0 Å². The SMILES string of the molecule is CC1COP(CO[C@H](C)Cn2cnc3c(N)ncnc32)OC1. The molecular formula is C13H20N5O3P. The van der Waals surface area contributed by atoms with Crippen molar-refractivity contribution in [3.63, 3.8) is 0 Å². The van der Waals surface area contributed by atoms with E-state index in [2.05, 4.69) is 21.9 Å². The smallest absolute Gasteiger partial charge is 0.198 e. The Kier molecular flexibility index (Phi) is 4.83. The van der Waals surface area contributed by atoms with Crippen LogP contribution in [0.2, 0.25) is 0 Å². The van der Waals surface area contributed by atoms with Crippen molar-refractivity contribution in [1.82, 2.24) is 19.5 Å². The molecule has 0 amide bonds. The molecule has 0 aromatic carbocycles. The fraction of sp³-hybridized carbons (Fsp3) is 0.615. The van der Waals surface area contributed by atoms with E-state index in [0.29, 0.717) is 35.8 Å². The number of anilines is 1. The summed E-state index contributed by atoms with van der Waals surface area (Å²) in [6, 6.07) is 0. The minimum absolute atomic E-state index is 0.0114. The van der Waals surface area contributed by atoms with Crippen LogP contribution in [0.25, 0.3) is 11.2 Å². The van der Waals surface area contributed by atoms with Crippen LogP contribution < -0.4 is 5.73 Å². The van der Waals surface area contributed by atoms with Gasteiger partial charge < -0.3 is 24.1 Å². The zero-order valence-corrected chi connectivity index (χ0v) is 13.6. The van der Waals surface area contributed by atoms with Gasteiger partial charge in [-0.15, -0.1) is 0 Å². The molecule has 1 fully saturated rings. The van der Waals surface area contributed by atoms with Crippen LogP contribution in [0.3, 0.4) is 0 Å². The molecule has 9 heteroatoms. The largest absolute Gasteiger partial charge is 0.382 e. The summed E-state index contributed by atoms with van der Waals surface area (Å²) >= 11 is 0. The van der Waals surface area contributed by atoms with Crippen molar-refractivity contribution >= 4 is 25.4 Å². The van der Waals surface area contributed by atoms with Gasteiger partial charge in [0.15, 0.2) is 19.8 Å². The van der Waals surface area contributed by atoms with Gasteiger partial charge in [0.1, 0.15) is 18.2 Å². The van der Waals surface area contributed by atoms with E-state index in [9.17, 15) is 0 Å². The number of nitrogens with zero attached hydrogens (tertiary/aromatic N) is 4. The summed E-state index contributed by atoms with van der Waals surface area (Å²) < 4.78 is 19.0. The van der Waals surface area contributed by atoms with Crippen LogP contribution >= 0.6 is 8.38 Å². The molecule has 1 aliphatic rings. The van der Waals surface area contributed by atoms with Crippen LogP contribution in [-0.4, -0.2) is 45.2 Å². The minimum Gasteiger partial charge on any atom is -0.382 e. The Labute approximate surface area is 129 Å². The maximum Gasteiger partial charge on any atom is 0.198 e. The van der Waals surface area contributed by atoms with Crippen LogP contribution in [-0.2, 0) is 20.3 Å². The van der Waals surface area contributed by atoms with Crippen molar-refractivity contribution in [3.05, 3.63) is 12.7 Å². The van der Waals surface area contributed by atoms with E-state index in [1.54, 1.807) is 6.33 Å². The first-order valence-electron chi connectivity index (χ1n) is 7.19. The van der Waals surface area contributed by atoms with E-state index in [0.717, 1.165) is 13.2 Å². The van der Waals surface area contributed by atoms with Crippen LogP contribution in [0.4, 0.5) is 5.82 Å². The van der Waals surface area contributed by atoms with Gasteiger partial charge in [-0.2, -0.15) is 0 Å². The quantitative estimate of drug-likeness (QED) is 0.837. The highest BCUT2D eigenvalue weighted by Crippen LogP contribution is 2.42. The first-order valence-corrected chi connectivity index (χ1v) is 8.56. The number of hydrogen-bond donors (Lipinski definition) is 1. The van der Waals surface area contributed by atoms with Gasteiger partial charge in [-0.3, -0.25) is 0 Å². The summed E-state index contributed by atoms with van der Waals surface area (Å²) in [5.74, 6) is 0.845. The van der Waals surface area contributed by atoms with Crippen molar-refractivity contribution in [3.8, 4) is 0 Å². The van der Waals surface area contributed by atoms with Crippen LogP contribution in [0.1, 0.15) is 13.8 Å². The van der Waals surface area contributed by atoms with Crippen molar-refractivity contribution < 1.29 is 13.8 Å². The number of fused-ring (bicyclic) bond motifs is 1. The summed E-state index contributed by atoms with van der Waals surface area (Å²) in [6.45, 7) is 6.22. The third-order valence-corrected chi connectivity index (χ3v) is 4.59. The van der Waals surface area contributed by atoms with E-state index >= 15 is 0 Å². The molecule has 1 aliphatic heterocycles. The zero-order valence-electron chi connectivity index (χ0n) is 12.7. The Morgan fingerprint density at radius 3 is 2.95 bits per heavy atom. The number of hydrogen-bond acceptors (Lipinski definition) is 7. The van der Waals surface area contributed by atoms with Gasteiger partial charge in [0, 0.05) is 5.92 Å². The summed E-state index contributed by atoms with van der Waals surface area (Å²) in [6.07, 6.45) is 3.61. The number of rotatable bonds is 5. The fourth-order valence-corrected chi connectivity index (χ4v) is 3.57. The number of nitrogens with two attached hydrogens (primary N) is 1. The predicted octanol–water partition coefficient (Wildman–Crippen LogP) is 1.77. The summed E-state index contributed by atoms with van der Waals surface area (Å²) in [7, 11) is -0.927. The van der Waals surface area contributed by atoms with Crippen LogP contribution in [0.5, 0.6) is 0 Å². The van der Waals surface area contributed by atoms with Crippen molar-refractivity contribution in [2.24, 2.45) is 5.92 Å². The standard InChI is InChI=1S/C13H20N5O3P/c1-9-4-20-22(21-5-9)8-19-10(2)3-18-7-17-11-12(14)15-6-16-13(11)18/h6-7,9-10H,3-5,8H2,1-2H3,(H2,14,15,16)/t9?,10-,22?/m1/s1. The first kappa shape index (κ1) is 15.6. The Bertz CT molecular complexity index is 629. The molecule has 8 nitrogen and oxygen atoms in total. The molecule has 0 spiro atoms. The Hall–Kier alpha value is -1.34. The van der Waals surface area contributed by atoms with Crippen molar-refractivity contribution in [2.45, 2.75) is 26.5 Å². The Balaban J connectivity index is 1.55. The number of imidazole rings is 1. The molecule has 0 unspecified atom stereocenters. The molecule has 1 atom stereocenters. The van der Waals surface area contributed by atoms with Gasteiger partial charge in [0.05, 0.1) is 32.2 Å². The van der Waals surface area contributed by atoms with E-state index in [4.69, 9.17) is 19.5 Å². The molecule has 3 heterocycles. The first-order chi connectivity index (χ1) is 10.6. The summed E-state index contributed by atoms with van der Waals surface area (Å²) in [5.41, 5.74) is 7.11.